The number of allylic oxidation sites excluding steroid dienone is 1. The van der Waals surface area contributed by atoms with E-state index < -0.39 is 0 Å². The van der Waals surface area contributed by atoms with E-state index in [1.807, 2.05) is 45.0 Å². The Bertz CT molecular complexity index is 1090. The molecule has 0 fully saturated rings. The van der Waals surface area contributed by atoms with Crippen LogP contribution in [-0.4, -0.2) is 26.2 Å². The SMILES string of the molecule is CCCCNC(=O)/C=C(\C)c1cc2c(-c3cccc(OC)c3)coc2c(C)c1OCC. The average Bonchev–Trinajstić information content (AvgIpc) is 3.20. The number of methoxy groups -OCH3 is 1. The number of rotatable bonds is 9. The van der Waals surface area contributed by atoms with Crippen molar-refractivity contribution in [2.45, 2.75) is 40.5 Å². The summed E-state index contributed by atoms with van der Waals surface area (Å²) in [5, 5.41) is 3.92. The van der Waals surface area contributed by atoms with Crippen LogP contribution in [0.1, 0.15) is 44.7 Å². The quantitative estimate of drug-likeness (QED) is 0.333. The minimum absolute atomic E-state index is 0.0913. The molecule has 0 bridgehead atoms. The third-order valence-electron chi connectivity index (χ3n) is 5.32. The minimum Gasteiger partial charge on any atom is -0.497 e. The summed E-state index contributed by atoms with van der Waals surface area (Å²) in [6, 6.07) is 9.94. The number of amides is 1. The van der Waals surface area contributed by atoms with Crippen LogP contribution in [0.4, 0.5) is 0 Å². The fourth-order valence-electron chi connectivity index (χ4n) is 3.67. The zero-order valence-corrected chi connectivity index (χ0v) is 19.0. The van der Waals surface area contributed by atoms with E-state index in [-0.39, 0.29) is 5.91 Å². The number of nitrogens with one attached hydrogen (secondary N) is 1. The second kappa shape index (κ2) is 10.2. The fraction of sp³-hybridized carbons (Fsp3) is 0.346. The van der Waals surface area contributed by atoms with Gasteiger partial charge in [-0.05, 0) is 56.5 Å². The molecule has 164 valence electrons. The lowest BCUT2D eigenvalue weighted by Crippen LogP contribution is -2.22. The minimum atomic E-state index is -0.0913. The Balaban J connectivity index is 2.11. The van der Waals surface area contributed by atoms with Gasteiger partial charge in [-0.1, -0.05) is 25.5 Å². The van der Waals surface area contributed by atoms with Gasteiger partial charge in [0.05, 0.1) is 20.0 Å². The molecule has 0 aliphatic carbocycles. The van der Waals surface area contributed by atoms with Crippen molar-refractivity contribution in [3.8, 4) is 22.6 Å². The molecule has 0 unspecified atom stereocenters. The van der Waals surface area contributed by atoms with Crippen molar-refractivity contribution >= 4 is 22.4 Å². The molecular weight excluding hydrogens is 390 g/mol. The van der Waals surface area contributed by atoms with Gasteiger partial charge in [-0.25, -0.2) is 0 Å². The van der Waals surface area contributed by atoms with Crippen LogP contribution < -0.4 is 14.8 Å². The molecule has 2 aromatic carbocycles. The molecule has 1 N–H and O–H groups in total. The second-order valence-electron chi connectivity index (χ2n) is 7.54. The first kappa shape index (κ1) is 22.5. The van der Waals surface area contributed by atoms with Crippen LogP contribution in [-0.2, 0) is 4.79 Å². The molecule has 0 radical (unpaired) electrons. The first-order valence-corrected chi connectivity index (χ1v) is 10.8. The molecule has 0 atom stereocenters. The van der Waals surface area contributed by atoms with E-state index in [1.54, 1.807) is 19.4 Å². The van der Waals surface area contributed by atoms with Crippen molar-refractivity contribution in [2.75, 3.05) is 20.3 Å². The van der Waals surface area contributed by atoms with Gasteiger partial charge < -0.3 is 19.2 Å². The number of unbranched alkanes of at least 4 members (excludes halogenated alkanes) is 1. The Kier molecular flexibility index (Phi) is 7.40. The lowest BCUT2D eigenvalue weighted by molar-refractivity contribution is -0.116. The number of hydrogen-bond donors (Lipinski definition) is 1. The van der Waals surface area contributed by atoms with Crippen molar-refractivity contribution in [1.82, 2.24) is 5.32 Å². The molecule has 1 amide bonds. The number of benzene rings is 2. The van der Waals surface area contributed by atoms with Crippen LogP contribution in [0.25, 0.3) is 27.7 Å². The third-order valence-corrected chi connectivity index (χ3v) is 5.32. The maximum atomic E-state index is 12.4. The predicted octanol–water partition coefficient (Wildman–Crippen LogP) is 6.14. The summed E-state index contributed by atoms with van der Waals surface area (Å²) in [5.41, 5.74) is 5.42. The Morgan fingerprint density at radius 2 is 2.03 bits per heavy atom. The molecule has 0 aliphatic heterocycles. The van der Waals surface area contributed by atoms with Crippen molar-refractivity contribution in [3.63, 3.8) is 0 Å². The molecule has 31 heavy (non-hydrogen) atoms. The average molecular weight is 422 g/mol. The first-order chi connectivity index (χ1) is 15.0. The molecule has 5 nitrogen and oxygen atoms in total. The molecular formula is C26H31NO4. The predicted molar refractivity (Wildman–Crippen MR) is 126 cm³/mol. The van der Waals surface area contributed by atoms with Crippen LogP contribution >= 0.6 is 0 Å². The van der Waals surface area contributed by atoms with Gasteiger partial charge >= 0.3 is 0 Å². The van der Waals surface area contributed by atoms with Crippen LogP contribution in [0.15, 0.2) is 47.1 Å². The molecule has 3 rings (SSSR count). The molecule has 0 saturated carbocycles. The zero-order chi connectivity index (χ0) is 22.4. The molecule has 5 heteroatoms. The van der Waals surface area contributed by atoms with E-state index in [0.29, 0.717) is 13.2 Å². The van der Waals surface area contributed by atoms with Gasteiger partial charge in [0.15, 0.2) is 0 Å². The van der Waals surface area contributed by atoms with E-state index >= 15 is 0 Å². The van der Waals surface area contributed by atoms with Crippen LogP contribution in [0.5, 0.6) is 11.5 Å². The van der Waals surface area contributed by atoms with Gasteiger partial charge in [0, 0.05) is 34.7 Å². The number of ether oxygens (including phenoxy) is 2. The highest BCUT2D eigenvalue weighted by Gasteiger charge is 2.19. The standard InChI is InChI=1S/C26H31NO4/c1-6-8-12-27-24(28)13-17(3)21-15-22-23(19-10-9-11-20(14-19)29-5)16-31-26(22)18(4)25(21)30-7-2/h9-11,13-16H,6-8,12H2,1-5H3,(H,27,28)/b17-13+. The number of furan rings is 1. The fourth-order valence-corrected chi connectivity index (χ4v) is 3.67. The molecule has 0 spiro atoms. The first-order valence-electron chi connectivity index (χ1n) is 10.8. The molecule has 0 aliphatic rings. The van der Waals surface area contributed by atoms with Gasteiger partial charge in [0.2, 0.25) is 5.91 Å². The second-order valence-corrected chi connectivity index (χ2v) is 7.54. The summed E-state index contributed by atoms with van der Waals surface area (Å²) in [5.74, 6) is 1.44. The maximum Gasteiger partial charge on any atom is 0.244 e. The molecule has 1 aromatic heterocycles. The third kappa shape index (κ3) is 4.93. The van der Waals surface area contributed by atoms with Crippen LogP contribution in [0.2, 0.25) is 0 Å². The van der Waals surface area contributed by atoms with Gasteiger partial charge in [0.1, 0.15) is 17.1 Å². The number of fused-ring (bicyclic) bond motifs is 1. The molecule has 3 aromatic rings. The van der Waals surface area contributed by atoms with E-state index in [9.17, 15) is 4.79 Å². The summed E-state index contributed by atoms with van der Waals surface area (Å²) < 4.78 is 17.3. The van der Waals surface area contributed by atoms with Gasteiger partial charge in [-0.15, -0.1) is 0 Å². The number of hydrogen-bond acceptors (Lipinski definition) is 4. The highest BCUT2D eigenvalue weighted by Crippen LogP contribution is 2.41. The van der Waals surface area contributed by atoms with Gasteiger partial charge in [-0.2, -0.15) is 0 Å². The van der Waals surface area contributed by atoms with Crippen LogP contribution in [0.3, 0.4) is 0 Å². The monoisotopic (exact) mass is 421 g/mol. The Morgan fingerprint density at radius 1 is 1.23 bits per heavy atom. The lowest BCUT2D eigenvalue weighted by Gasteiger charge is -2.15. The highest BCUT2D eigenvalue weighted by atomic mass is 16.5. The maximum absolute atomic E-state index is 12.4. The van der Waals surface area contributed by atoms with Crippen molar-refractivity contribution < 1.29 is 18.7 Å². The van der Waals surface area contributed by atoms with Gasteiger partial charge in [-0.3, -0.25) is 4.79 Å². The number of carbonyl (C=O) groups is 1. The van der Waals surface area contributed by atoms with Crippen molar-refractivity contribution in [3.05, 3.63) is 53.8 Å². The summed E-state index contributed by atoms with van der Waals surface area (Å²) in [7, 11) is 1.66. The number of carbonyl (C=O) groups excluding carboxylic acids is 1. The largest absolute Gasteiger partial charge is 0.497 e. The summed E-state index contributed by atoms with van der Waals surface area (Å²) in [4.78, 5) is 12.4. The van der Waals surface area contributed by atoms with Crippen molar-refractivity contribution in [2.24, 2.45) is 0 Å². The summed E-state index contributed by atoms with van der Waals surface area (Å²) in [6.45, 7) is 9.19. The summed E-state index contributed by atoms with van der Waals surface area (Å²) in [6.07, 6.45) is 5.42. The topological polar surface area (TPSA) is 60.7 Å². The van der Waals surface area contributed by atoms with E-state index in [4.69, 9.17) is 13.9 Å². The lowest BCUT2D eigenvalue weighted by atomic mass is 9.96. The summed E-state index contributed by atoms with van der Waals surface area (Å²) >= 11 is 0. The van der Waals surface area contributed by atoms with E-state index in [2.05, 4.69) is 18.3 Å². The Labute approximate surface area is 184 Å². The Morgan fingerprint density at radius 3 is 2.74 bits per heavy atom. The van der Waals surface area contributed by atoms with E-state index in [1.165, 1.54) is 0 Å². The molecule has 1 heterocycles. The number of aryl methyl sites for hydroxylation is 1. The zero-order valence-electron chi connectivity index (χ0n) is 19.0. The highest BCUT2D eigenvalue weighted by molar-refractivity contribution is 6.01. The molecule has 0 saturated heterocycles. The Hall–Kier alpha value is -3.21. The van der Waals surface area contributed by atoms with Crippen molar-refractivity contribution in [1.29, 1.82) is 0 Å². The van der Waals surface area contributed by atoms with E-state index in [0.717, 1.165) is 63.1 Å². The normalized spacial score (nSPS) is 11.6. The smallest absolute Gasteiger partial charge is 0.244 e. The van der Waals surface area contributed by atoms with Gasteiger partial charge in [0.25, 0.3) is 0 Å². The van der Waals surface area contributed by atoms with Crippen LogP contribution in [0, 0.1) is 6.92 Å².